The highest BCUT2D eigenvalue weighted by atomic mass is 16.6. The molecular weight excluding hydrogens is 296 g/mol. The van der Waals surface area contributed by atoms with Crippen molar-refractivity contribution in [3.63, 3.8) is 0 Å². The molecule has 0 amide bonds. The van der Waals surface area contributed by atoms with E-state index in [-0.39, 0.29) is 41.7 Å². The fourth-order valence-electron chi connectivity index (χ4n) is 2.57. The normalized spacial score (nSPS) is 12.4. The summed E-state index contributed by atoms with van der Waals surface area (Å²) < 4.78 is 10.2. The molecule has 0 saturated carbocycles. The highest BCUT2D eigenvalue weighted by molar-refractivity contribution is 6.29. The lowest BCUT2D eigenvalue weighted by Gasteiger charge is -2.19. The van der Waals surface area contributed by atoms with Gasteiger partial charge in [0.05, 0.1) is 12.2 Å². The summed E-state index contributed by atoms with van der Waals surface area (Å²) in [5, 5.41) is 0. The molecule has 23 heavy (non-hydrogen) atoms. The molecule has 1 aliphatic rings. The van der Waals surface area contributed by atoms with E-state index in [2.05, 4.69) is 0 Å². The second kappa shape index (κ2) is 6.04. The molecule has 0 N–H and O–H groups in total. The van der Waals surface area contributed by atoms with Crippen LogP contribution in [0.3, 0.4) is 0 Å². The van der Waals surface area contributed by atoms with Crippen LogP contribution in [0.5, 0.6) is 5.75 Å². The predicted molar refractivity (Wildman–Crippen MR) is 81.9 cm³/mol. The fraction of sp³-hybridized carbons (Fsp3) is 0.167. The Morgan fingerprint density at radius 3 is 2.26 bits per heavy atom. The quantitative estimate of drug-likeness (QED) is 0.692. The van der Waals surface area contributed by atoms with Gasteiger partial charge in [0.15, 0.2) is 18.2 Å². The van der Waals surface area contributed by atoms with Crippen LogP contribution in [0.1, 0.15) is 38.8 Å². The van der Waals surface area contributed by atoms with E-state index in [1.807, 2.05) is 0 Å². The van der Waals surface area contributed by atoms with Gasteiger partial charge in [0.1, 0.15) is 5.75 Å². The first-order valence-electron chi connectivity index (χ1n) is 7.23. The van der Waals surface area contributed by atoms with Gasteiger partial charge in [-0.15, -0.1) is 0 Å². The average molecular weight is 310 g/mol. The number of carbonyl (C=O) groups excluding carboxylic acids is 3. The lowest BCUT2D eigenvalue weighted by Crippen LogP contribution is -2.23. The first-order valence-corrected chi connectivity index (χ1v) is 7.23. The molecule has 0 aliphatic heterocycles. The van der Waals surface area contributed by atoms with Crippen LogP contribution in [0.2, 0.25) is 0 Å². The van der Waals surface area contributed by atoms with Crippen LogP contribution in [0.15, 0.2) is 42.5 Å². The van der Waals surface area contributed by atoms with Crippen LogP contribution in [0.25, 0.3) is 0 Å². The number of carbonyl (C=O) groups is 3. The first-order chi connectivity index (χ1) is 11.1. The van der Waals surface area contributed by atoms with Gasteiger partial charge in [0.25, 0.3) is 0 Å². The predicted octanol–water partition coefficient (Wildman–Crippen LogP) is 2.40. The molecule has 3 rings (SSSR count). The van der Waals surface area contributed by atoms with Crippen LogP contribution in [0, 0.1) is 0 Å². The fourth-order valence-corrected chi connectivity index (χ4v) is 2.57. The van der Waals surface area contributed by atoms with Gasteiger partial charge in [-0.2, -0.15) is 0 Å². The van der Waals surface area contributed by atoms with E-state index < -0.39 is 5.97 Å². The maximum atomic E-state index is 12.7. The summed E-state index contributed by atoms with van der Waals surface area (Å²) in [6.07, 6.45) is 0. The Kier molecular flexibility index (Phi) is 3.93. The molecule has 5 heteroatoms. The second-order valence-electron chi connectivity index (χ2n) is 4.98. The molecule has 2 aromatic rings. The van der Waals surface area contributed by atoms with E-state index in [0.29, 0.717) is 11.1 Å². The number of hydrogen-bond donors (Lipinski definition) is 0. The first kappa shape index (κ1) is 15.0. The Labute approximate surface area is 132 Å². The zero-order chi connectivity index (χ0) is 16.4. The molecule has 2 aromatic carbocycles. The maximum Gasteiger partial charge on any atom is 0.344 e. The van der Waals surface area contributed by atoms with Gasteiger partial charge in [-0.3, -0.25) is 9.59 Å². The van der Waals surface area contributed by atoms with Gasteiger partial charge in [-0.1, -0.05) is 36.4 Å². The van der Waals surface area contributed by atoms with E-state index >= 15 is 0 Å². The van der Waals surface area contributed by atoms with Gasteiger partial charge in [-0.25, -0.2) is 4.79 Å². The monoisotopic (exact) mass is 310 g/mol. The summed E-state index contributed by atoms with van der Waals surface area (Å²) in [6.45, 7) is 1.63. The maximum absolute atomic E-state index is 12.7. The van der Waals surface area contributed by atoms with Crippen molar-refractivity contribution in [2.45, 2.75) is 6.92 Å². The topological polar surface area (TPSA) is 69.7 Å². The number of esters is 1. The molecule has 5 nitrogen and oxygen atoms in total. The smallest absolute Gasteiger partial charge is 0.344 e. The standard InChI is InChI=1S/C18H14O5/c1-2-22-15(19)10-23-14-9-5-8-13-16(14)18(21)12-7-4-3-6-11(12)17(13)20/h3-9H,2,10H2,1H3. The molecule has 0 saturated heterocycles. The van der Waals surface area contributed by atoms with Crippen molar-refractivity contribution in [3.8, 4) is 5.75 Å². The number of ether oxygens (including phenoxy) is 2. The summed E-state index contributed by atoms with van der Waals surface area (Å²) in [5.41, 5.74) is 1.21. The Morgan fingerprint density at radius 1 is 0.913 bits per heavy atom. The van der Waals surface area contributed by atoms with E-state index in [0.717, 1.165) is 0 Å². The van der Waals surface area contributed by atoms with Gasteiger partial charge < -0.3 is 9.47 Å². The van der Waals surface area contributed by atoms with Crippen molar-refractivity contribution in [2.24, 2.45) is 0 Å². The molecule has 0 heterocycles. The van der Waals surface area contributed by atoms with Crippen LogP contribution in [0.4, 0.5) is 0 Å². The minimum absolute atomic E-state index is 0.195. The number of ketones is 2. The molecule has 0 bridgehead atoms. The number of rotatable bonds is 4. The zero-order valence-electron chi connectivity index (χ0n) is 12.5. The molecular formula is C18H14O5. The third-order valence-electron chi connectivity index (χ3n) is 3.57. The lowest BCUT2D eigenvalue weighted by atomic mass is 9.83. The van der Waals surface area contributed by atoms with Crippen molar-refractivity contribution in [1.82, 2.24) is 0 Å². The third kappa shape index (κ3) is 2.61. The minimum Gasteiger partial charge on any atom is -0.481 e. The van der Waals surface area contributed by atoms with Gasteiger partial charge in [0, 0.05) is 16.7 Å². The van der Waals surface area contributed by atoms with Crippen molar-refractivity contribution < 1.29 is 23.9 Å². The van der Waals surface area contributed by atoms with Crippen molar-refractivity contribution >= 4 is 17.5 Å². The van der Waals surface area contributed by atoms with E-state index in [4.69, 9.17) is 9.47 Å². The molecule has 0 atom stereocenters. The van der Waals surface area contributed by atoms with E-state index in [1.54, 1.807) is 49.4 Å². The summed E-state index contributed by atoms with van der Waals surface area (Å²) in [7, 11) is 0. The third-order valence-corrected chi connectivity index (χ3v) is 3.57. The highest BCUT2D eigenvalue weighted by Gasteiger charge is 2.32. The van der Waals surface area contributed by atoms with Crippen molar-refractivity contribution in [2.75, 3.05) is 13.2 Å². The summed E-state index contributed by atoms with van der Waals surface area (Å²) in [4.78, 5) is 36.7. The average Bonchev–Trinajstić information content (AvgIpc) is 2.58. The van der Waals surface area contributed by atoms with Crippen LogP contribution < -0.4 is 4.74 Å². The number of fused-ring (bicyclic) bond motifs is 2. The Balaban J connectivity index is 1.99. The van der Waals surface area contributed by atoms with Crippen molar-refractivity contribution in [3.05, 3.63) is 64.7 Å². The molecule has 0 spiro atoms. The molecule has 0 unspecified atom stereocenters. The Bertz CT molecular complexity index is 807. The molecule has 0 fully saturated rings. The molecule has 0 aromatic heterocycles. The van der Waals surface area contributed by atoms with Gasteiger partial charge in [-0.05, 0) is 13.0 Å². The van der Waals surface area contributed by atoms with Crippen LogP contribution >= 0.6 is 0 Å². The van der Waals surface area contributed by atoms with Crippen LogP contribution in [-0.2, 0) is 9.53 Å². The summed E-state index contributed by atoms with van der Waals surface area (Å²) >= 11 is 0. The highest BCUT2D eigenvalue weighted by Crippen LogP contribution is 2.33. The van der Waals surface area contributed by atoms with Crippen LogP contribution in [-0.4, -0.2) is 30.7 Å². The van der Waals surface area contributed by atoms with Gasteiger partial charge >= 0.3 is 5.97 Å². The Morgan fingerprint density at radius 2 is 1.57 bits per heavy atom. The largest absolute Gasteiger partial charge is 0.481 e. The van der Waals surface area contributed by atoms with Crippen molar-refractivity contribution in [1.29, 1.82) is 0 Å². The Hall–Kier alpha value is -2.95. The zero-order valence-corrected chi connectivity index (χ0v) is 12.5. The minimum atomic E-state index is -0.528. The summed E-state index contributed by atoms with van der Waals surface area (Å²) in [6, 6.07) is 11.4. The number of benzene rings is 2. The molecule has 1 aliphatic carbocycles. The lowest BCUT2D eigenvalue weighted by molar-refractivity contribution is -0.145. The second-order valence-corrected chi connectivity index (χ2v) is 4.98. The SMILES string of the molecule is CCOC(=O)COc1cccc2c1C(=O)c1ccccc1C2=O. The van der Waals surface area contributed by atoms with Gasteiger partial charge in [0.2, 0.25) is 0 Å². The molecule has 116 valence electrons. The number of hydrogen-bond acceptors (Lipinski definition) is 5. The molecule has 0 radical (unpaired) electrons. The summed E-state index contributed by atoms with van der Waals surface area (Å²) in [5.74, 6) is -0.824. The van der Waals surface area contributed by atoms with E-state index in [1.165, 1.54) is 0 Å². The van der Waals surface area contributed by atoms with E-state index in [9.17, 15) is 14.4 Å².